The van der Waals surface area contributed by atoms with Crippen LogP contribution in [-0.2, 0) is 14.8 Å². The number of methoxy groups -OCH3 is 1. The zero-order chi connectivity index (χ0) is 18.2. The summed E-state index contributed by atoms with van der Waals surface area (Å²) < 4.78 is 33.5. The number of hydrogen-bond acceptors (Lipinski definition) is 4. The minimum Gasteiger partial charge on any atom is -0.465 e. The lowest BCUT2D eigenvalue weighted by atomic mass is 9.80. The maximum absolute atomic E-state index is 12.5. The first-order chi connectivity index (χ1) is 11.0. The molecule has 0 spiro atoms. The van der Waals surface area contributed by atoms with Gasteiger partial charge < -0.3 is 4.74 Å². The molecule has 0 radical (unpaired) electrons. The number of esters is 1. The van der Waals surface area contributed by atoms with Crippen molar-refractivity contribution in [3.63, 3.8) is 0 Å². The second-order valence-electron chi connectivity index (χ2n) is 7.46. The standard InChI is InChI=1S/C18H25NO4S/c1-6-17(2,3)12-18(4)11-15(18)19-24(21,22)14-9-7-13(8-10-14)16(20)23-5/h7-10H,6,11-12H2,1-5H3/b19-15-. The molecule has 1 saturated carbocycles. The molecule has 0 bridgehead atoms. The van der Waals surface area contributed by atoms with E-state index >= 15 is 0 Å². The van der Waals surface area contributed by atoms with Gasteiger partial charge in [-0.1, -0.05) is 34.1 Å². The van der Waals surface area contributed by atoms with Crippen LogP contribution in [0, 0.1) is 10.8 Å². The van der Waals surface area contributed by atoms with Crippen LogP contribution in [0.4, 0.5) is 0 Å². The van der Waals surface area contributed by atoms with E-state index in [0.717, 1.165) is 25.0 Å². The molecule has 0 N–H and O–H groups in total. The van der Waals surface area contributed by atoms with Crippen LogP contribution in [0.3, 0.4) is 0 Å². The van der Waals surface area contributed by atoms with Crippen LogP contribution < -0.4 is 0 Å². The van der Waals surface area contributed by atoms with E-state index in [1.807, 2.05) is 0 Å². The Bertz CT molecular complexity index is 763. The average Bonchev–Trinajstić information content (AvgIpc) is 3.13. The molecule has 0 aromatic heterocycles. The van der Waals surface area contributed by atoms with E-state index in [9.17, 15) is 13.2 Å². The summed E-state index contributed by atoms with van der Waals surface area (Å²) in [6.07, 6.45) is 2.68. The van der Waals surface area contributed by atoms with Crippen molar-refractivity contribution in [3.8, 4) is 0 Å². The normalized spacial score (nSPS) is 22.5. The lowest BCUT2D eigenvalue weighted by Crippen LogP contribution is -2.16. The Kier molecular flexibility index (Phi) is 4.91. The van der Waals surface area contributed by atoms with Crippen molar-refractivity contribution in [2.24, 2.45) is 15.2 Å². The maximum Gasteiger partial charge on any atom is 0.337 e. The SMILES string of the molecule is CCC(C)(C)CC1(C)C/C1=N/S(=O)(=O)c1ccc(C(=O)OC)cc1. The number of nitrogens with zero attached hydrogens (tertiary/aromatic N) is 1. The Morgan fingerprint density at radius 1 is 1.29 bits per heavy atom. The number of ether oxygens (including phenoxy) is 1. The fraction of sp³-hybridized carbons (Fsp3) is 0.556. The average molecular weight is 351 g/mol. The first kappa shape index (κ1) is 18.6. The van der Waals surface area contributed by atoms with Crippen LogP contribution >= 0.6 is 0 Å². The quantitative estimate of drug-likeness (QED) is 0.730. The van der Waals surface area contributed by atoms with E-state index in [-0.39, 0.29) is 15.7 Å². The second kappa shape index (κ2) is 6.31. The second-order valence-corrected chi connectivity index (χ2v) is 9.07. The smallest absolute Gasteiger partial charge is 0.337 e. The van der Waals surface area contributed by atoms with E-state index in [1.165, 1.54) is 31.4 Å². The Morgan fingerprint density at radius 2 is 1.88 bits per heavy atom. The Hall–Kier alpha value is -1.69. The molecule has 1 atom stereocenters. The highest BCUT2D eigenvalue weighted by molar-refractivity contribution is 7.90. The fourth-order valence-electron chi connectivity index (χ4n) is 2.89. The number of sulfonamides is 1. The van der Waals surface area contributed by atoms with Crippen LogP contribution in [0.1, 0.15) is 57.3 Å². The van der Waals surface area contributed by atoms with Gasteiger partial charge in [-0.25, -0.2) is 4.79 Å². The maximum atomic E-state index is 12.5. The van der Waals surface area contributed by atoms with Crippen molar-refractivity contribution in [2.45, 2.75) is 51.9 Å². The number of rotatable bonds is 6. The highest BCUT2D eigenvalue weighted by Gasteiger charge is 2.49. The van der Waals surface area contributed by atoms with Gasteiger partial charge >= 0.3 is 5.97 Å². The molecule has 0 heterocycles. The Morgan fingerprint density at radius 3 is 2.38 bits per heavy atom. The van der Waals surface area contributed by atoms with Crippen LogP contribution in [0.15, 0.2) is 33.6 Å². The number of benzene rings is 1. The lowest BCUT2D eigenvalue weighted by Gasteiger charge is -2.25. The van der Waals surface area contributed by atoms with Gasteiger partial charge in [-0.15, -0.1) is 0 Å². The monoisotopic (exact) mass is 351 g/mol. The van der Waals surface area contributed by atoms with Crippen molar-refractivity contribution in [3.05, 3.63) is 29.8 Å². The van der Waals surface area contributed by atoms with Gasteiger partial charge in [0.15, 0.2) is 0 Å². The molecule has 2 rings (SSSR count). The highest BCUT2D eigenvalue weighted by atomic mass is 32.2. The van der Waals surface area contributed by atoms with Gasteiger partial charge in [0.2, 0.25) is 0 Å². The summed E-state index contributed by atoms with van der Waals surface area (Å²) >= 11 is 0. The van der Waals surface area contributed by atoms with E-state index in [1.54, 1.807) is 0 Å². The zero-order valence-electron chi connectivity index (χ0n) is 14.9. The molecule has 24 heavy (non-hydrogen) atoms. The van der Waals surface area contributed by atoms with E-state index < -0.39 is 16.0 Å². The molecule has 0 saturated heterocycles. The zero-order valence-corrected chi connectivity index (χ0v) is 15.7. The third-order valence-electron chi connectivity index (χ3n) is 4.76. The molecule has 1 aliphatic rings. The summed E-state index contributed by atoms with van der Waals surface area (Å²) in [6.45, 7) is 8.59. The molecule has 1 fully saturated rings. The topological polar surface area (TPSA) is 72.8 Å². The molecule has 1 unspecified atom stereocenters. The molecule has 1 aromatic rings. The molecular weight excluding hydrogens is 326 g/mol. The van der Waals surface area contributed by atoms with Gasteiger partial charge in [-0.3, -0.25) is 0 Å². The molecule has 0 aliphatic heterocycles. The molecule has 1 aromatic carbocycles. The van der Waals surface area contributed by atoms with Crippen molar-refractivity contribution in [1.82, 2.24) is 0 Å². The van der Waals surface area contributed by atoms with Gasteiger partial charge in [0.1, 0.15) is 0 Å². The summed E-state index contributed by atoms with van der Waals surface area (Å²) in [5.41, 5.74) is 1.09. The van der Waals surface area contributed by atoms with E-state index in [4.69, 9.17) is 0 Å². The first-order valence-electron chi connectivity index (χ1n) is 8.06. The van der Waals surface area contributed by atoms with E-state index in [2.05, 4.69) is 36.8 Å². The van der Waals surface area contributed by atoms with Crippen LogP contribution in [0.2, 0.25) is 0 Å². The summed E-state index contributed by atoms with van der Waals surface area (Å²) in [7, 11) is -2.46. The molecule has 132 valence electrons. The van der Waals surface area contributed by atoms with Crippen molar-refractivity contribution >= 4 is 21.7 Å². The summed E-state index contributed by atoms with van der Waals surface area (Å²) in [5, 5.41) is 0. The van der Waals surface area contributed by atoms with Crippen LogP contribution in [0.5, 0.6) is 0 Å². The predicted octanol–water partition coefficient (Wildman–Crippen LogP) is 3.84. The Labute approximate surface area is 144 Å². The Balaban J connectivity index is 2.19. The molecule has 0 amide bonds. The fourth-order valence-corrected chi connectivity index (χ4v) is 4.05. The number of carbonyl (C=O) groups is 1. The number of carbonyl (C=O) groups excluding carboxylic acids is 1. The minimum absolute atomic E-state index is 0.0895. The van der Waals surface area contributed by atoms with Crippen molar-refractivity contribution in [1.29, 1.82) is 0 Å². The summed E-state index contributed by atoms with van der Waals surface area (Å²) in [4.78, 5) is 11.5. The molecule has 6 heteroatoms. The molecule has 1 aliphatic carbocycles. The largest absolute Gasteiger partial charge is 0.465 e. The lowest BCUT2D eigenvalue weighted by molar-refractivity contribution is 0.0600. The summed E-state index contributed by atoms with van der Waals surface area (Å²) in [6, 6.07) is 5.65. The predicted molar refractivity (Wildman–Crippen MR) is 93.8 cm³/mol. The number of hydrogen-bond donors (Lipinski definition) is 0. The first-order valence-corrected chi connectivity index (χ1v) is 9.50. The van der Waals surface area contributed by atoms with Crippen LogP contribution in [-0.4, -0.2) is 27.2 Å². The molecular formula is C18H25NO4S. The third-order valence-corrected chi connectivity index (χ3v) is 6.09. The highest BCUT2D eigenvalue weighted by Crippen LogP contribution is 2.51. The van der Waals surface area contributed by atoms with Crippen molar-refractivity contribution in [2.75, 3.05) is 7.11 Å². The minimum atomic E-state index is -3.74. The van der Waals surface area contributed by atoms with Gasteiger partial charge in [-0.05, 0) is 42.5 Å². The van der Waals surface area contributed by atoms with E-state index in [0.29, 0.717) is 5.56 Å². The molecule has 5 nitrogen and oxygen atoms in total. The summed E-state index contributed by atoms with van der Waals surface area (Å²) in [5.74, 6) is -0.498. The van der Waals surface area contributed by atoms with Gasteiger partial charge in [0.25, 0.3) is 10.0 Å². The third kappa shape index (κ3) is 4.04. The van der Waals surface area contributed by atoms with Crippen LogP contribution in [0.25, 0.3) is 0 Å². The van der Waals surface area contributed by atoms with Gasteiger partial charge in [-0.2, -0.15) is 12.8 Å². The van der Waals surface area contributed by atoms with Gasteiger partial charge in [0, 0.05) is 11.1 Å². The van der Waals surface area contributed by atoms with Gasteiger partial charge in [0.05, 0.1) is 17.6 Å². The van der Waals surface area contributed by atoms with Crippen molar-refractivity contribution < 1.29 is 17.9 Å².